The average molecular weight is 210 g/mol. The highest BCUT2D eigenvalue weighted by molar-refractivity contribution is 4.84. The molecule has 0 unspecified atom stereocenters. The minimum atomic E-state index is 0.826. The molecule has 1 saturated carbocycles. The largest absolute Gasteiger partial charge is 0.315 e. The molecule has 0 amide bonds. The van der Waals surface area contributed by atoms with Gasteiger partial charge in [0.25, 0.3) is 0 Å². The molecule has 1 atom stereocenters. The van der Waals surface area contributed by atoms with E-state index < -0.39 is 0 Å². The van der Waals surface area contributed by atoms with Gasteiger partial charge in [-0.15, -0.1) is 0 Å². The molecule has 0 aromatic rings. The van der Waals surface area contributed by atoms with Crippen LogP contribution in [-0.4, -0.2) is 36.6 Å². The third-order valence-corrected chi connectivity index (χ3v) is 4.15. The van der Waals surface area contributed by atoms with Crippen LogP contribution in [0.5, 0.6) is 0 Å². The van der Waals surface area contributed by atoms with E-state index >= 15 is 0 Å². The van der Waals surface area contributed by atoms with Crippen molar-refractivity contribution < 1.29 is 0 Å². The van der Waals surface area contributed by atoms with Crippen LogP contribution >= 0.6 is 0 Å². The molecule has 15 heavy (non-hydrogen) atoms. The molecular weight excluding hydrogens is 184 g/mol. The fourth-order valence-corrected chi connectivity index (χ4v) is 3.34. The Morgan fingerprint density at radius 2 is 1.73 bits per heavy atom. The number of hydrogen-bond donors (Lipinski definition) is 1. The Morgan fingerprint density at radius 3 is 2.33 bits per heavy atom. The highest BCUT2D eigenvalue weighted by atomic mass is 15.2. The maximum atomic E-state index is 3.55. The number of rotatable bonds is 3. The van der Waals surface area contributed by atoms with Crippen LogP contribution in [-0.2, 0) is 0 Å². The van der Waals surface area contributed by atoms with Crippen molar-refractivity contribution in [2.75, 3.05) is 19.6 Å². The first-order chi connectivity index (χ1) is 7.42. The van der Waals surface area contributed by atoms with E-state index in [0.717, 1.165) is 12.1 Å². The number of nitrogens with one attached hydrogen (secondary N) is 1. The van der Waals surface area contributed by atoms with Gasteiger partial charge in [-0.1, -0.05) is 26.2 Å². The van der Waals surface area contributed by atoms with Gasteiger partial charge in [0.1, 0.15) is 0 Å². The summed E-state index contributed by atoms with van der Waals surface area (Å²) in [6, 6.07) is 1.72. The molecule has 88 valence electrons. The summed E-state index contributed by atoms with van der Waals surface area (Å²) >= 11 is 0. The molecule has 0 aromatic heterocycles. The van der Waals surface area contributed by atoms with E-state index in [1.807, 2.05) is 0 Å². The van der Waals surface area contributed by atoms with Crippen molar-refractivity contribution >= 4 is 0 Å². The summed E-state index contributed by atoms with van der Waals surface area (Å²) in [5.74, 6) is 0. The summed E-state index contributed by atoms with van der Waals surface area (Å²) in [6.07, 6.45) is 10.1. The standard InChI is InChI=1S/C13H26N2/c1-2-15(12-7-4-3-5-8-12)13-9-6-10-14-11-13/h12-14H,2-11H2,1H3/t13-/m0/s1. The third-order valence-electron chi connectivity index (χ3n) is 4.15. The van der Waals surface area contributed by atoms with Crippen LogP contribution in [0.1, 0.15) is 51.9 Å². The number of likely N-dealkylation sites (N-methyl/N-ethyl adjacent to an activating group) is 1. The molecule has 1 saturated heterocycles. The van der Waals surface area contributed by atoms with Crippen LogP contribution in [0.15, 0.2) is 0 Å². The first-order valence-corrected chi connectivity index (χ1v) is 6.88. The lowest BCUT2D eigenvalue weighted by Gasteiger charge is -2.41. The van der Waals surface area contributed by atoms with Crippen molar-refractivity contribution in [2.24, 2.45) is 0 Å². The van der Waals surface area contributed by atoms with Crippen LogP contribution in [0.3, 0.4) is 0 Å². The van der Waals surface area contributed by atoms with Crippen molar-refractivity contribution in [2.45, 2.75) is 64.0 Å². The van der Waals surface area contributed by atoms with Crippen LogP contribution in [0.4, 0.5) is 0 Å². The van der Waals surface area contributed by atoms with Gasteiger partial charge in [0.2, 0.25) is 0 Å². The molecule has 0 bridgehead atoms. The molecule has 2 nitrogen and oxygen atoms in total. The first-order valence-electron chi connectivity index (χ1n) is 6.88. The van der Waals surface area contributed by atoms with E-state index in [-0.39, 0.29) is 0 Å². The molecule has 1 heterocycles. The average Bonchev–Trinajstić information content (AvgIpc) is 2.33. The maximum absolute atomic E-state index is 3.55. The van der Waals surface area contributed by atoms with Gasteiger partial charge < -0.3 is 5.32 Å². The monoisotopic (exact) mass is 210 g/mol. The van der Waals surface area contributed by atoms with Gasteiger partial charge in [-0.3, -0.25) is 4.90 Å². The highest BCUT2D eigenvalue weighted by Crippen LogP contribution is 2.25. The van der Waals surface area contributed by atoms with Crippen LogP contribution < -0.4 is 5.32 Å². The highest BCUT2D eigenvalue weighted by Gasteiger charge is 2.27. The fraction of sp³-hybridized carbons (Fsp3) is 1.00. The molecular formula is C13H26N2. The summed E-state index contributed by atoms with van der Waals surface area (Å²) in [7, 11) is 0. The van der Waals surface area contributed by atoms with Gasteiger partial charge in [-0.05, 0) is 38.8 Å². The number of piperidine rings is 1. The predicted octanol–water partition coefficient (Wildman–Crippen LogP) is 2.39. The van der Waals surface area contributed by atoms with Gasteiger partial charge in [-0.25, -0.2) is 0 Å². The summed E-state index contributed by atoms with van der Waals surface area (Å²) < 4.78 is 0. The number of nitrogens with zero attached hydrogens (tertiary/aromatic N) is 1. The lowest BCUT2D eigenvalue weighted by atomic mass is 9.92. The molecule has 2 aliphatic rings. The first kappa shape index (κ1) is 11.4. The van der Waals surface area contributed by atoms with Gasteiger partial charge in [-0.2, -0.15) is 0 Å². The summed E-state index contributed by atoms with van der Waals surface area (Å²) in [6.45, 7) is 6.04. The van der Waals surface area contributed by atoms with Crippen molar-refractivity contribution in [3.8, 4) is 0 Å². The van der Waals surface area contributed by atoms with E-state index in [0.29, 0.717) is 0 Å². The van der Waals surface area contributed by atoms with Crippen LogP contribution in [0.25, 0.3) is 0 Å². The second-order valence-corrected chi connectivity index (χ2v) is 5.12. The molecule has 2 fully saturated rings. The zero-order chi connectivity index (χ0) is 10.5. The summed E-state index contributed by atoms with van der Waals surface area (Å²) in [4.78, 5) is 2.78. The molecule has 0 aromatic carbocycles. The lowest BCUT2D eigenvalue weighted by molar-refractivity contribution is 0.0939. The van der Waals surface area contributed by atoms with Gasteiger partial charge in [0.05, 0.1) is 0 Å². The summed E-state index contributed by atoms with van der Waals surface area (Å²) in [5.41, 5.74) is 0. The van der Waals surface area contributed by atoms with Crippen molar-refractivity contribution in [3.05, 3.63) is 0 Å². The SMILES string of the molecule is CCN(C1CCCCC1)[C@H]1CCCNC1. The lowest BCUT2D eigenvalue weighted by Crippen LogP contribution is -2.50. The van der Waals surface area contributed by atoms with E-state index in [2.05, 4.69) is 17.1 Å². The molecule has 1 aliphatic heterocycles. The molecule has 0 spiro atoms. The topological polar surface area (TPSA) is 15.3 Å². The second kappa shape index (κ2) is 5.86. The Kier molecular flexibility index (Phi) is 4.45. The fourth-order valence-electron chi connectivity index (χ4n) is 3.34. The summed E-state index contributed by atoms with van der Waals surface area (Å²) in [5, 5.41) is 3.55. The molecule has 1 N–H and O–H groups in total. The van der Waals surface area contributed by atoms with E-state index in [9.17, 15) is 0 Å². The smallest absolute Gasteiger partial charge is 0.0223 e. The molecule has 2 rings (SSSR count). The predicted molar refractivity (Wildman–Crippen MR) is 65.1 cm³/mol. The molecule has 0 radical (unpaired) electrons. The Bertz CT molecular complexity index is 151. The minimum Gasteiger partial charge on any atom is -0.315 e. The maximum Gasteiger partial charge on any atom is 0.0223 e. The Labute approximate surface area is 94.4 Å². The van der Waals surface area contributed by atoms with Crippen molar-refractivity contribution in [1.29, 1.82) is 0 Å². The van der Waals surface area contributed by atoms with E-state index in [4.69, 9.17) is 0 Å². The molecule has 1 aliphatic carbocycles. The molecule has 2 heteroatoms. The quantitative estimate of drug-likeness (QED) is 0.769. The van der Waals surface area contributed by atoms with Gasteiger partial charge >= 0.3 is 0 Å². The zero-order valence-electron chi connectivity index (χ0n) is 10.2. The Morgan fingerprint density at radius 1 is 1.00 bits per heavy atom. The van der Waals surface area contributed by atoms with Gasteiger partial charge in [0, 0.05) is 18.6 Å². The van der Waals surface area contributed by atoms with Crippen molar-refractivity contribution in [3.63, 3.8) is 0 Å². The zero-order valence-corrected chi connectivity index (χ0v) is 10.2. The van der Waals surface area contributed by atoms with E-state index in [1.54, 1.807) is 0 Å². The van der Waals surface area contributed by atoms with Crippen LogP contribution in [0.2, 0.25) is 0 Å². The van der Waals surface area contributed by atoms with Crippen LogP contribution in [0, 0.1) is 0 Å². The Hall–Kier alpha value is -0.0800. The second-order valence-electron chi connectivity index (χ2n) is 5.12. The Balaban J connectivity index is 1.88. The third kappa shape index (κ3) is 2.94. The normalized spacial score (nSPS) is 29.6. The number of hydrogen-bond acceptors (Lipinski definition) is 2. The minimum absolute atomic E-state index is 0.826. The van der Waals surface area contributed by atoms with Gasteiger partial charge in [0.15, 0.2) is 0 Å². The van der Waals surface area contributed by atoms with Crippen molar-refractivity contribution in [1.82, 2.24) is 10.2 Å². The van der Waals surface area contributed by atoms with E-state index in [1.165, 1.54) is 64.6 Å².